The van der Waals surface area contributed by atoms with Gasteiger partial charge in [0, 0.05) is 17.2 Å². The summed E-state index contributed by atoms with van der Waals surface area (Å²) in [7, 11) is 0. The van der Waals surface area contributed by atoms with E-state index in [2.05, 4.69) is 0 Å². The smallest absolute Gasteiger partial charge is 0.336 e. The fraction of sp³-hybridized carbons (Fsp3) is 0.278. The average molecular weight is 369 g/mol. The standard InChI is InChI=1S/C18H9F6NO/c19-9-3-8(7-25)4-10(5-9)26-14-2-1-11-15-12(6-13(20)16(14)15)18(23,24)17(11,21)22/h1-5,12-13H,6H2/t12?,13-/m1/s1. The third-order valence-corrected chi connectivity index (χ3v) is 4.77. The number of alkyl halides is 5. The molecule has 4 rings (SSSR count). The molecule has 0 N–H and O–H groups in total. The normalized spacial score (nSPS) is 24.2. The van der Waals surface area contributed by atoms with E-state index < -0.39 is 47.3 Å². The van der Waals surface area contributed by atoms with Crippen LogP contribution in [0, 0.1) is 17.1 Å². The third kappa shape index (κ3) is 2.06. The molecule has 0 aliphatic heterocycles. The molecule has 0 heterocycles. The van der Waals surface area contributed by atoms with Gasteiger partial charge in [-0.15, -0.1) is 0 Å². The van der Waals surface area contributed by atoms with Crippen molar-refractivity contribution in [2.24, 2.45) is 0 Å². The van der Waals surface area contributed by atoms with E-state index in [9.17, 15) is 26.3 Å². The Labute approximate surface area is 143 Å². The van der Waals surface area contributed by atoms with Gasteiger partial charge in [-0.1, -0.05) is 0 Å². The predicted octanol–water partition coefficient (Wildman–Crippen LogP) is 5.73. The first-order chi connectivity index (χ1) is 12.2. The maximum atomic E-state index is 14.4. The summed E-state index contributed by atoms with van der Waals surface area (Å²) in [4.78, 5) is 0. The zero-order chi connectivity index (χ0) is 18.9. The van der Waals surface area contributed by atoms with Crippen LogP contribution in [0.3, 0.4) is 0 Å². The average Bonchev–Trinajstić information content (AvgIpc) is 2.98. The number of rotatable bonds is 2. The SMILES string of the molecule is N#Cc1cc(F)cc(Oc2ccc3c4c2[C@H](F)CC4C(F)(F)C3(F)F)c1. The van der Waals surface area contributed by atoms with Gasteiger partial charge in [-0.3, -0.25) is 0 Å². The van der Waals surface area contributed by atoms with Gasteiger partial charge in [0.15, 0.2) is 0 Å². The molecule has 26 heavy (non-hydrogen) atoms. The molecule has 134 valence electrons. The molecule has 2 atom stereocenters. The number of nitrogens with zero attached hydrogens (tertiary/aromatic N) is 1. The van der Waals surface area contributed by atoms with Crippen LogP contribution >= 0.6 is 0 Å². The van der Waals surface area contributed by atoms with Crippen molar-refractivity contribution in [3.63, 3.8) is 0 Å². The number of hydrogen-bond acceptors (Lipinski definition) is 2. The van der Waals surface area contributed by atoms with Gasteiger partial charge >= 0.3 is 11.8 Å². The van der Waals surface area contributed by atoms with Crippen molar-refractivity contribution in [1.82, 2.24) is 0 Å². The largest absolute Gasteiger partial charge is 0.457 e. The molecule has 0 fully saturated rings. The number of ether oxygens (including phenoxy) is 1. The van der Waals surface area contributed by atoms with E-state index in [1.54, 1.807) is 6.07 Å². The summed E-state index contributed by atoms with van der Waals surface area (Å²) < 4.78 is 89.4. The van der Waals surface area contributed by atoms with Crippen LogP contribution in [0.4, 0.5) is 26.3 Å². The van der Waals surface area contributed by atoms with Crippen molar-refractivity contribution in [1.29, 1.82) is 5.26 Å². The van der Waals surface area contributed by atoms with Crippen LogP contribution in [0.5, 0.6) is 11.5 Å². The Hall–Kier alpha value is -2.69. The van der Waals surface area contributed by atoms with E-state index in [1.165, 1.54) is 6.07 Å². The van der Waals surface area contributed by atoms with Crippen molar-refractivity contribution in [3.8, 4) is 17.6 Å². The first-order valence-electron chi connectivity index (χ1n) is 7.62. The van der Waals surface area contributed by atoms with E-state index in [4.69, 9.17) is 10.00 Å². The summed E-state index contributed by atoms with van der Waals surface area (Å²) in [5.74, 6) is -11.9. The Kier molecular flexibility index (Phi) is 3.33. The summed E-state index contributed by atoms with van der Waals surface area (Å²) in [6.45, 7) is 0. The van der Waals surface area contributed by atoms with E-state index in [1.807, 2.05) is 0 Å². The lowest BCUT2D eigenvalue weighted by Gasteiger charge is -2.24. The Bertz CT molecular complexity index is 965. The second-order valence-corrected chi connectivity index (χ2v) is 6.28. The summed E-state index contributed by atoms with van der Waals surface area (Å²) in [5.41, 5.74) is -1.79. The molecule has 2 aliphatic rings. The van der Waals surface area contributed by atoms with Gasteiger partial charge in [0.05, 0.1) is 17.6 Å². The minimum absolute atomic E-state index is 0.0645. The maximum Gasteiger partial charge on any atom is 0.336 e. The molecule has 0 saturated heterocycles. The lowest BCUT2D eigenvalue weighted by atomic mass is 10.0. The summed E-state index contributed by atoms with van der Waals surface area (Å²) in [5, 5.41) is 8.85. The zero-order valence-electron chi connectivity index (χ0n) is 12.9. The molecule has 0 saturated carbocycles. The molecular formula is C18H9F6NO. The molecule has 0 amide bonds. The van der Waals surface area contributed by atoms with Crippen molar-refractivity contribution in [3.05, 3.63) is 58.4 Å². The summed E-state index contributed by atoms with van der Waals surface area (Å²) in [6.07, 6.45) is -2.69. The van der Waals surface area contributed by atoms with Crippen LogP contribution in [0.25, 0.3) is 0 Å². The van der Waals surface area contributed by atoms with Gasteiger partial charge in [0.25, 0.3) is 0 Å². The minimum atomic E-state index is -4.40. The van der Waals surface area contributed by atoms with Crippen LogP contribution in [0.1, 0.15) is 40.8 Å². The monoisotopic (exact) mass is 369 g/mol. The highest BCUT2D eigenvalue weighted by Gasteiger charge is 2.71. The lowest BCUT2D eigenvalue weighted by Crippen LogP contribution is -2.36. The maximum absolute atomic E-state index is 14.4. The molecule has 2 aliphatic carbocycles. The van der Waals surface area contributed by atoms with Crippen LogP contribution in [0.15, 0.2) is 30.3 Å². The van der Waals surface area contributed by atoms with E-state index in [0.717, 1.165) is 24.3 Å². The summed E-state index contributed by atoms with van der Waals surface area (Å²) >= 11 is 0. The first kappa shape index (κ1) is 16.8. The van der Waals surface area contributed by atoms with Gasteiger partial charge in [0.1, 0.15) is 23.5 Å². The van der Waals surface area contributed by atoms with Crippen LogP contribution in [-0.4, -0.2) is 5.92 Å². The first-order valence-corrected chi connectivity index (χ1v) is 7.62. The molecule has 0 radical (unpaired) electrons. The topological polar surface area (TPSA) is 33.0 Å². The minimum Gasteiger partial charge on any atom is -0.457 e. The van der Waals surface area contributed by atoms with Crippen LogP contribution in [-0.2, 0) is 5.92 Å². The number of hydrogen-bond donors (Lipinski definition) is 0. The van der Waals surface area contributed by atoms with Gasteiger partial charge in [-0.25, -0.2) is 8.78 Å². The Balaban J connectivity index is 1.84. The van der Waals surface area contributed by atoms with Crippen molar-refractivity contribution >= 4 is 0 Å². The molecule has 0 spiro atoms. The fourth-order valence-electron chi connectivity index (χ4n) is 3.66. The Morgan fingerprint density at radius 1 is 1.08 bits per heavy atom. The van der Waals surface area contributed by atoms with Gasteiger partial charge < -0.3 is 4.74 Å². The van der Waals surface area contributed by atoms with Gasteiger partial charge in [0.2, 0.25) is 0 Å². The molecule has 2 nitrogen and oxygen atoms in total. The highest BCUT2D eigenvalue weighted by atomic mass is 19.3. The van der Waals surface area contributed by atoms with Gasteiger partial charge in [-0.2, -0.15) is 22.8 Å². The van der Waals surface area contributed by atoms with E-state index in [-0.39, 0.29) is 22.6 Å². The zero-order valence-corrected chi connectivity index (χ0v) is 12.9. The van der Waals surface area contributed by atoms with E-state index >= 15 is 0 Å². The highest BCUT2D eigenvalue weighted by Crippen LogP contribution is 2.66. The molecule has 8 heteroatoms. The highest BCUT2D eigenvalue weighted by molar-refractivity contribution is 5.58. The molecule has 1 unspecified atom stereocenters. The molecule has 0 aromatic heterocycles. The second-order valence-electron chi connectivity index (χ2n) is 6.28. The number of halogens is 6. The van der Waals surface area contributed by atoms with E-state index in [0.29, 0.717) is 0 Å². The Morgan fingerprint density at radius 3 is 2.50 bits per heavy atom. The predicted molar refractivity (Wildman–Crippen MR) is 77.7 cm³/mol. The van der Waals surface area contributed by atoms with Crippen LogP contribution < -0.4 is 4.74 Å². The molecule has 0 bridgehead atoms. The molecule has 2 aromatic rings. The van der Waals surface area contributed by atoms with Gasteiger partial charge in [-0.05, 0) is 36.2 Å². The quantitative estimate of drug-likeness (QED) is 0.634. The summed E-state index contributed by atoms with van der Waals surface area (Å²) in [6, 6.07) is 6.50. The third-order valence-electron chi connectivity index (χ3n) is 4.77. The molecular weight excluding hydrogens is 360 g/mol. The van der Waals surface area contributed by atoms with Crippen molar-refractivity contribution < 1.29 is 31.1 Å². The molecule has 2 aromatic carbocycles. The number of benzene rings is 2. The number of nitriles is 1. The lowest BCUT2D eigenvalue weighted by molar-refractivity contribution is -0.216. The Morgan fingerprint density at radius 2 is 1.81 bits per heavy atom. The second kappa shape index (κ2) is 5.16. The van der Waals surface area contributed by atoms with Crippen LogP contribution in [0.2, 0.25) is 0 Å². The van der Waals surface area contributed by atoms with Crippen molar-refractivity contribution in [2.75, 3.05) is 0 Å². The van der Waals surface area contributed by atoms with Crippen molar-refractivity contribution in [2.45, 2.75) is 30.4 Å². The fourth-order valence-corrected chi connectivity index (χ4v) is 3.66.